The highest BCUT2D eigenvalue weighted by Crippen LogP contribution is 2.18. The Morgan fingerprint density at radius 2 is 2.21 bits per heavy atom. The maximum absolute atomic E-state index is 11.9. The number of benzene rings is 1. The van der Waals surface area contributed by atoms with E-state index in [0.717, 1.165) is 5.56 Å². The van der Waals surface area contributed by atoms with Crippen LogP contribution in [0.1, 0.15) is 12.5 Å². The first-order chi connectivity index (χ1) is 9.15. The number of carbonyl (C=O) groups excluding carboxylic acids is 1. The van der Waals surface area contributed by atoms with E-state index in [-0.39, 0.29) is 11.2 Å². The minimum atomic E-state index is -0.236. The average Bonchev–Trinajstić information content (AvgIpc) is 2.90. The Hall–Kier alpha value is -1.53. The first kappa shape index (κ1) is 13.9. The number of H-pyrrole nitrogens is 1. The molecule has 2 N–H and O–H groups in total. The molecule has 1 aromatic carbocycles. The van der Waals surface area contributed by atoms with Crippen molar-refractivity contribution in [1.82, 2.24) is 20.5 Å². The van der Waals surface area contributed by atoms with E-state index >= 15 is 0 Å². The molecule has 1 amide bonds. The molecule has 0 aliphatic heterocycles. The number of thioether (sulfide) groups is 1. The van der Waals surface area contributed by atoms with E-state index in [2.05, 4.69) is 20.5 Å². The predicted octanol–water partition coefficient (Wildman–Crippen LogP) is 2.26. The number of rotatable bonds is 5. The van der Waals surface area contributed by atoms with E-state index in [1.165, 1.54) is 18.1 Å². The molecule has 100 valence electrons. The van der Waals surface area contributed by atoms with Crippen molar-refractivity contribution < 1.29 is 4.79 Å². The number of aromatic nitrogens is 3. The molecule has 0 saturated carbocycles. The summed E-state index contributed by atoms with van der Waals surface area (Å²) >= 11 is 7.13. The molecule has 2 aromatic rings. The highest BCUT2D eigenvalue weighted by molar-refractivity contribution is 8.00. The monoisotopic (exact) mass is 296 g/mol. The molecule has 0 unspecified atom stereocenters. The van der Waals surface area contributed by atoms with Gasteiger partial charge in [0.05, 0.1) is 5.25 Å². The minimum absolute atomic E-state index is 0.0450. The highest BCUT2D eigenvalue weighted by atomic mass is 35.5. The zero-order valence-corrected chi connectivity index (χ0v) is 11.8. The van der Waals surface area contributed by atoms with E-state index in [1.807, 2.05) is 19.1 Å². The van der Waals surface area contributed by atoms with Crippen molar-refractivity contribution in [1.29, 1.82) is 0 Å². The van der Waals surface area contributed by atoms with E-state index < -0.39 is 0 Å². The maximum atomic E-state index is 11.9. The first-order valence-electron chi connectivity index (χ1n) is 5.69. The smallest absolute Gasteiger partial charge is 0.233 e. The van der Waals surface area contributed by atoms with Gasteiger partial charge in [0.2, 0.25) is 5.91 Å². The van der Waals surface area contributed by atoms with Gasteiger partial charge in [0.1, 0.15) is 6.33 Å². The zero-order chi connectivity index (χ0) is 13.7. The molecule has 7 heteroatoms. The summed E-state index contributed by atoms with van der Waals surface area (Å²) in [6.45, 7) is 2.31. The molecule has 0 aliphatic rings. The minimum Gasteiger partial charge on any atom is -0.351 e. The highest BCUT2D eigenvalue weighted by Gasteiger charge is 2.15. The van der Waals surface area contributed by atoms with Gasteiger partial charge in [0.25, 0.3) is 0 Å². The summed E-state index contributed by atoms with van der Waals surface area (Å²) in [7, 11) is 0. The molecule has 1 atom stereocenters. The van der Waals surface area contributed by atoms with Gasteiger partial charge >= 0.3 is 0 Å². The van der Waals surface area contributed by atoms with Gasteiger partial charge in [-0.05, 0) is 24.6 Å². The van der Waals surface area contributed by atoms with Crippen molar-refractivity contribution >= 4 is 29.3 Å². The van der Waals surface area contributed by atoms with E-state index in [0.29, 0.717) is 16.7 Å². The van der Waals surface area contributed by atoms with Crippen LogP contribution in [0.2, 0.25) is 5.02 Å². The van der Waals surface area contributed by atoms with Crippen molar-refractivity contribution in [3.05, 3.63) is 41.2 Å². The third-order valence-electron chi connectivity index (χ3n) is 2.43. The van der Waals surface area contributed by atoms with Crippen LogP contribution < -0.4 is 5.32 Å². The lowest BCUT2D eigenvalue weighted by Crippen LogP contribution is -2.30. The molecule has 5 nitrogen and oxygen atoms in total. The lowest BCUT2D eigenvalue weighted by atomic mass is 10.2. The maximum Gasteiger partial charge on any atom is 0.233 e. The average molecular weight is 297 g/mol. The summed E-state index contributed by atoms with van der Waals surface area (Å²) in [5, 5.41) is 10.4. The van der Waals surface area contributed by atoms with Gasteiger partial charge in [0, 0.05) is 11.6 Å². The van der Waals surface area contributed by atoms with Crippen molar-refractivity contribution in [3.63, 3.8) is 0 Å². The predicted molar refractivity (Wildman–Crippen MR) is 75.0 cm³/mol. The molecule has 1 heterocycles. The summed E-state index contributed by atoms with van der Waals surface area (Å²) < 4.78 is 0. The molecule has 0 aliphatic carbocycles. The number of nitrogens with one attached hydrogen (secondary N) is 2. The number of hydrogen-bond donors (Lipinski definition) is 2. The van der Waals surface area contributed by atoms with Crippen LogP contribution >= 0.6 is 23.4 Å². The third kappa shape index (κ3) is 4.25. The number of hydrogen-bond acceptors (Lipinski definition) is 4. The van der Waals surface area contributed by atoms with Gasteiger partial charge in [-0.2, -0.15) is 5.10 Å². The lowest BCUT2D eigenvalue weighted by molar-refractivity contribution is -0.120. The van der Waals surface area contributed by atoms with Gasteiger partial charge in [-0.15, -0.1) is 0 Å². The Labute approximate surface area is 120 Å². The van der Waals surface area contributed by atoms with Crippen LogP contribution in [0.5, 0.6) is 0 Å². The van der Waals surface area contributed by atoms with Gasteiger partial charge in [0.15, 0.2) is 5.16 Å². The molecule has 19 heavy (non-hydrogen) atoms. The standard InChI is InChI=1S/C12H13ClN4OS/c1-8(19-12-15-7-16-17-12)11(18)14-6-9-2-4-10(13)5-3-9/h2-5,7-8H,6H2,1H3,(H,14,18)(H,15,16,17)/t8-/m1/s1. The summed E-state index contributed by atoms with van der Waals surface area (Å²) in [5.41, 5.74) is 1.01. The van der Waals surface area contributed by atoms with Gasteiger partial charge in [-0.25, -0.2) is 4.98 Å². The van der Waals surface area contributed by atoms with Crippen LogP contribution in [0.3, 0.4) is 0 Å². The van der Waals surface area contributed by atoms with Crippen LogP contribution in [0.25, 0.3) is 0 Å². The Morgan fingerprint density at radius 1 is 1.47 bits per heavy atom. The second-order valence-corrected chi connectivity index (χ2v) is 5.66. The molecule has 2 rings (SSSR count). The molecule has 0 fully saturated rings. The van der Waals surface area contributed by atoms with Gasteiger partial charge in [-0.3, -0.25) is 9.89 Å². The fraction of sp³-hybridized carbons (Fsp3) is 0.250. The Bertz CT molecular complexity index is 529. The molecule has 0 bridgehead atoms. The molecule has 0 radical (unpaired) electrons. The summed E-state index contributed by atoms with van der Waals surface area (Å²) in [5.74, 6) is -0.0450. The van der Waals surface area contributed by atoms with Crippen molar-refractivity contribution in [2.75, 3.05) is 0 Å². The molecule has 0 saturated heterocycles. The van der Waals surface area contributed by atoms with E-state index in [1.54, 1.807) is 12.1 Å². The van der Waals surface area contributed by atoms with Crippen molar-refractivity contribution in [3.8, 4) is 0 Å². The number of aromatic amines is 1. The fourth-order valence-corrected chi connectivity index (χ4v) is 2.27. The summed E-state index contributed by atoms with van der Waals surface area (Å²) in [6, 6.07) is 7.37. The van der Waals surface area contributed by atoms with E-state index in [9.17, 15) is 4.79 Å². The van der Waals surface area contributed by atoms with Gasteiger partial charge in [-0.1, -0.05) is 35.5 Å². The Kier molecular flexibility index (Phi) is 4.81. The Morgan fingerprint density at radius 3 is 2.84 bits per heavy atom. The second-order valence-electron chi connectivity index (χ2n) is 3.89. The number of amides is 1. The van der Waals surface area contributed by atoms with Crippen LogP contribution in [-0.2, 0) is 11.3 Å². The topological polar surface area (TPSA) is 70.7 Å². The lowest BCUT2D eigenvalue weighted by Gasteiger charge is -2.10. The number of nitrogens with zero attached hydrogens (tertiary/aromatic N) is 2. The zero-order valence-electron chi connectivity index (χ0n) is 10.3. The van der Waals surface area contributed by atoms with Crippen LogP contribution in [0.15, 0.2) is 35.7 Å². The Balaban J connectivity index is 1.82. The van der Waals surface area contributed by atoms with E-state index in [4.69, 9.17) is 11.6 Å². The summed E-state index contributed by atoms with van der Waals surface area (Å²) in [6.07, 6.45) is 1.42. The molecule has 0 spiro atoms. The summed E-state index contributed by atoms with van der Waals surface area (Å²) in [4.78, 5) is 15.9. The number of halogens is 1. The van der Waals surface area contributed by atoms with Crippen LogP contribution in [0, 0.1) is 0 Å². The number of carbonyl (C=O) groups is 1. The largest absolute Gasteiger partial charge is 0.351 e. The third-order valence-corrected chi connectivity index (χ3v) is 3.67. The normalized spacial score (nSPS) is 12.1. The second kappa shape index (κ2) is 6.58. The molecular weight excluding hydrogens is 284 g/mol. The van der Waals surface area contributed by atoms with Crippen LogP contribution in [0.4, 0.5) is 0 Å². The molecule has 1 aromatic heterocycles. The fourth-order valence-electron chi connectivity index (χ4n) is 1.41. The quantitative estimate of drug-likeness (QED) is 0.830. The van der Waals surface area contributed by atoms with Crippen molar-refractivity contribution in [2.45, 2.75) is 23.9 Å². The SMILES string of the molecule is C[C@@H](Sc1ncn[nH]1)C(=O)NCc1ccc(Cl)cc1. The van der Waals surface area contributed by atoms with Gasteiger partial charge < -0.3 is 5.32 Å². The molecular formula is C12H13ClN4OS. The first-order valence-corrected chi connectivity index (χ1v) is 6.95. The van der Waals surface area contributed by atoms with Crippen LogP contribution in [-0.4, -0.2) is 26.3 Å². The van der Waals surface area contributed by atoms with Crippen molar-refractivity contribution in [2.24, 2.45) is 0 Å².